The summed E-state index contributed by atoms with van der Waals surface area (Å²) in [7, 11) is 0. The number of nitrogens with two attached hydrogens (primary N) is 1. The van der Waals surface area contributed by atoms with E-state index < -0.39 is 0 Å². The van der Waals surface area contributed by atoms with Gasteiger partial charge in [0.1, 0.15) is 5.75 Å². The molecule has 110 valence electrons. The van der Waals surface area contributed by atoms with Gasteiger partial charge in [-0.15, -0.1) is 0 Å². The maximum atomic E-state index is 5.85. The average molecular weight is 283 g/mol. The molecule has 0 amide bonds. The van der Waals surface area contributed by atoms with Crippen LogP contribution in [-0.4, -0.2) is 11.6 Å². The van der Waals surface area contributed by atoms with E-state index in [-0.39, 0.29) is 6.04 Å². The summed E-state index contributed by atoms with van der Waals surface area (Å²) in [6.07, 6.45) is 4.00. The van der Waals surface area contributed by atoms with E-state index in [0.29, 0.717) is 12.5 Å². The fraction of sp³-hybridized carbons (Fsp3) is 0.353. The summed E-state index contributed by atoms with van der Waals surface area (Å²) in [6.45, 7) is 2.65. The van der Waals surface area contributed by atoms with Gasteiger partial charge in [-0.2, -0.15) is 0 Å². The predicted molar refractivity (Wildman–Crippen MR) is 83.0 cm³/mol. The number of hydrogen-bond acceptors (Lipinski definition) is 4. The van der Waals surface area contributed by atoms with Crippen molar-refractivity contribution in [2.24, 2.45) is 5.84 Å². The molecule has 3 rings (SSSR count). The lowest BCUT2D eigenvalue weighted by molar-refractivity contribution is 0.338. The van der Waals surface area contributed by atoms with Crippen LogP contribution in [0, 0.1) is 0 Å². The van der Waals surface area contributed by atoms with Crippen LogP contribution in [0.4, 0.5) is 0 Å². The molecule has 0 fully saturated rings. The van der Waals surface area contributed by atoms with Crippen LogP contribution in [0.3, 0.4) is 0 Å². The van der Waals surface area contributed by atoms with Gasteiger partial charge >= 0.3 is 0 Å². The number of nitrogens with one attached hydrogen (secondary N) is 1. The Bertz CT molecular complexity index is 614. The molecule has 1 heterocycles. The van der Waals surface area contributed by atoms with Crippen molar-refractivity contribution in [3.05, 3.63) is 59.4 Å². The lowest BCUT2D eigenvalue weighted by atomic mass is 9.91. The Labute approximate surface area is 125 Å². The molecule has 1 aliphatic rings. The zero-order valence-electron chi connectivity index (χ0n) is 12.3. The van der Waals surface area contributed by atoms with Crippen LogP contribution in [0.2, 0.25) is 0 Å². The van der Waals surface area contributed by atoms with Gasteiger partial charge in [0.15, 0.2) is 0 Å². The number of nitrogens with zero attached hydrogens (tertiary/aromatic N) is 1. The van der Waals surface area contributed by atoms with Gasteiger partial charge in [0.05, 0.1) is 12.6 Å². The van der Waals surface area contributed by atoms with Gasteiger partial charge in [-0.05, 0) is 49.1 Å². The first-order valence-corrected chi connectivity index (χ1v) is 7.46. The van der Waals surface area contributed by atoms with Crippen LogP contribution in [0.25, 0.3) is 0 Å². The van der Waals surface area contributed by atoms with E-state index >= 15 is 0 Å². The number of aryl methyl sites for hydroxylation is 1. The lowest BCUT2D eigenvalue weighted by Crippen LogP contribution is -2.32. The quantitative estimate of drug-likeness (QED) is 0.654. The maximum absolute atomic E-state index is 5.85. The van der Waals surface area contributed by atoms with Gasteiger partial charge in [0.2, 0.25) is 0 Å². The maximum Gasteiger partial charge on any atom is 0.119 e. The molecule has 0 spiro atoms. The Hall–Kier alpha value is -1.91. The van der Waals surface area contributed by atoms with Crippen molar-refractivity contribution in [1.29, 1.82) is 0 Å². The topological polar surface area (TPSA) is 60.2 Å². The van der Waals surface area contributed by atoms with E-state index in [0.717, 1.165) is 24.2 Å². The predicted octanol–water partition coefficient (Wildman–Crippen LogP) is 2.71. The second-order valence-electron chi connectivity index (χ2n) is 5.34. The molecule has 1 aromatic carbocycles. The van der Waals surface area contributed by atoms with Crippen molar-refractivity contribution < 1.29 is 4.74 Å². The van der Waals surface area contributed by atoms with Gasteiger partial charge in [-0.25, -0.2) is 0 Å². The number of fused-ring (bicyclic) bond motifs is 1. The van der Waals surface area contributed by atoms with Crippen molar-refractivity contribution in [3.63, 3.8) is 0 Å². The van der Waals surface area contributed by atoms with Crippen molar-refractivity contribution >= 4 is 0 Å². The highest BCUT2D eigenvalue weighted by Gasteiger charge is 2.31. The smallest absolute Gasteiger partial charge is 0.119 e. The van der Waals surface area contributed by atoms with Gasteiger partial charge in [0.25, 0.3) is 0 Å². The van der Waals surface area contributed by atoms with Crippen LogP contribution in [0.15, 0.2) is 42.6 Å². The Kier molecular flexibility index (Phi) is 4.18. The summed E-state index contributed by atoms with van der Waals surface area (Å²) >= 11 is 0. The zero-order chi connectivity index (χ0) is 14.7. The third-order valence-corrected chi connectivity index (χ3v) is 4.11. The first-order chi connectivity index (χ1) is 10.3. The van der Waals surface area contributed by atoms with Crippen molar-refractivity contribution in [2.45, 2.75) is 31.7 Å². The molecular weight excluding hydrogens is 262 g/mol. The van der Waals surface area contributed by atoms with E-state index in [4.69, 9.17) is 10.6 Å². The highest BCUT2D eigenvalue weighted by molar-refractivity contribution is 5.36. The Balaban J connectivity index is 1.91. The number of aromatic nitrogens is 1. The minimum Gasteiger partial charge on any atom is -0.494 e. The molecule has 0 aliphatic heterocycles. The molecular formula is C17H21N3O. The van der Waals surface area contributed by atoms with E-state index in [1.165, 1.54) is 11.3 Å². The molecule has 3 N–H and O–H groups in total. The van der Waals surface area contributed by atoms with Crippen molar-refractivity contribution in [2.75, 3.05) is 6.61 Å². The number of hydrogen-bond donors (Lipinski definition) is 2. The van der Waals surface area contributed by atoms with Crippen LogP contribution in [0.5, 0.6) is 5.75 Å². The Morgan fingerprint density at radius 1 is 1.38 bits per heavy atom. The van der Waals surface area contributed by atoms with Gasteiger partial charge in [-0.3, -0.25) is 16.3 Å². The molecule has 2 atom stereocenters. The largest absolute Gasteiger partial charge is 0.494 e. The van der Waals surface area contributed by atoms with Gasteiger partial charge in [-0.1, -0.05) is 18.2 Å². The van der Waals surface area contributed by atoms with Crippen LogP contribution >= 0.6 is 0 Å². The molecule has 4 heteroatoms. The molecule has 21 heavy (non-hydrogen) atoms. The van der Waals surface area contributed by atoms with Gasteiger partial charge < -0.3 is 4.74 Å². The highest BCUT2D eigenvalue weighted by Crippen LogP contribution is 2.40. The van der Waals surface area contributed by atoms with Crippen LogP contribution in [-0.2, 0) is 6.42 Å². The molecule has 4 nitrogen and oxygen atoms in total. The van der Waals surface area contributed by atoms with Gasteiger partial charge in [0, 0.05) is 17.8 Å². The molecule has 0 radical (unpaired) electrons. The highest BCUT2D eigenvalue weighted by atomic mass is 16.5. The number of hydrazine groups is 1. The van der Waals surface area contributed by atoms with E-state index in [1.54, 1.807) is 0 Å². The first-order valence-electron chi connectivity index (χ1n) is 7.46. The Morgan fingerprint density at radius 2 is 2.29 bits per heavy atom. The molecule has 2 aromatic rings. The Morgan fingerprint density at radius 3 is 3.10 bits per heavy atom. The summed E-state index contributed by atoms with van der Waals surface area (Å²) in [5, 5.41) is 0. The second-order valence-corrected chi connectivity index (χ2v) is 5.34. The molecule has 0 saturated heterocycles. The summed E-state index contributed by atoms with van der Waals surface area (Å²) in [6, 6.07) is 12.4. The van der Waals surface area contributed by atoms with E-state index in [1.807, 2.05) is 31.3 Å². The van der Waals surface area contributed by atoms with Crippen molar-refractivity contribution in [1.82, 2.24) is 10.4 Å². The monoisotopic (exact) mass is 283 g/mol. The summed E-state index contributed by atoms with van der Waals surface area (Å²) in [5.74, 6) is 7.04. The third-order valence-electron chi connectivity index (χ3n) is 4.11. The third kappa shape index (κ3) is 2.77. The first kappa shape index (κ1) is 14.0. The second kappa shape index (κ2) is 6.24. The SMILES string of the molecule is CCOc1cccc(C(NN)C2CCc3cccnc32)c1. The number of benzene rings is 1. The molecule has 0 saturated carbocycles. The number of pyridine rings is 1. The molecule has 0 bridgehead atoms. The fourth-order valence-corrected chi connectivity index (χ4v) is 3.18. The van der Waals surface area contributed by atoms with Crippen molar-refractivity contribution in [3.8, 4) is 5.75 Å². The lowest BCUT2D eigenvalue weighted by Gasteiger charge is -2.24. The molecule has 2 unspecified atom stereocenters. The van der Waals surface area contributed by atoms with E-state index in [9.17, 15) is 0 Å². The number of rotatable bonds is 5. The number of ether oxygens (including phenoxy) is 1. The van der Waals surface area contributed by atoms with Crippen LogP contribution < -0.4 is 16.0 Å². The molecule has 1 aromatic heterocycles. The van der Waals surface area contributed by atoms with Crippen LogP contribution in [0.1, 0.15) is 42.1 Å². The fourth-order valence-electron chi connectivity index (χ4n) is 3.18. The normalized spacial score (nSPS) is 18.3. The summed E-state index contributed by atoms with van der Waals surface area (Å²) in [5.41, 5.74) is 6.63. The molecule has 1 aliphatic carbocycles. The van der Waals surface area contributed by atoms with E-state index in [2.05, 4.69) is 28.6 Å². The standard InChI is InChI=1S/C17H21N3O/c1-2-21-14-7-3-5-13(11-14)17(20-18)15-9-8-12-6-4-10-19-16(12)15/h3-7,10-11,15,17,20H,2,8-9,18H2,1H3. The minimum atomic E-state index is 0.0570. The minimum absolute atomic E-state index is 0.0570. The average Bonchev–Trinajstić information content (AvgIpc) is 2.93. The summed E-state index contributed by atoms with van der Waals surface area (Å²) in [4.78, 5) is 4.57. The summed E-state index contributed by atoms with van der Waals surface area (Å²) < 4.78 is 5.59. The zero-order valence-corrected chi connectivity index (χ0v) is 12.3.